The normalized spacial score (nSPS) is 11.1. The first-order valence-corrected chi connectivity index (χ1v) is 6.56. The predicted molar refractivity (Wildman–Crippen MR) is 82.3 cm³/mol. The van der Waals surface area contributed by atoms with Crippen LogP contribution in [0, 0.1) is 24.2 Å². The Morgan fingerprint density at radius 1 is 1.10 bits per heavy atom. The zero-order valence-corrected chi connectivity index (χ0v) is 11.6. The first-order chi connectivity index (χ1) is 9.70. The third kappa shape index (κ3) is 3.65. The second-order valence-electron chi connectivity index (χ2n) is 4.26. The molecule has 1 nitrogen and oxygen atoms in total. The van der Waals surface area contributed by atoms with Crippen LogP contribution in [0.15, 0.2) is 48.5 Å². The van der Waals surface area contributed by atoms with Crippen LogP contribution in [0.25, 0.3) is 0 Å². The Morgan fingerprint density at radius 2 is 1.80 bits per heavy atom. The van der Waals surface area contributed by atoms with Crippen LogP contribution in [0.1, 0.15) is 29.2 Å². The van der Waals surface area contributed by atoms with E-state index in [2.05, 4.69) is 17.8 Å². The van der Waals surface area contributed by atoms with Gasteiger partial charge in [-0.25, -0.2) is 0 Å². The van der Waals surface area contributed by atoms with E-state index >= 15 is 0 Å². The Bertz CT molecular complexity index is 684. The molecule has 2 aromatic rings. The molecule has 0 aliphatic carbocycles. The predicted octanol–water partition coefficient (Wildman–Crippen LogP) is 3.80. The minimum atomic E-state index is -0.679. The lowest BCUT2D eigenvalue weighted by Crippen LogP contribution is -1.99. The van der Waals surface area contributed by atoms with E-state index in [1.165, 1.54) is 0 Å². The number of aliphatic hydroxyl groups excluding tert-OH is 1. The van der Waals surface area contributed by atoms with Crippen molar-refractivity contribution in [2.75, 3.05) is 0 Å². The van der Waals surface area contributed by atoms with E-state index in [4.69, 9.17) is 18.0 Å². The van der Waals surface area contributed by atoms with Crippen LogP contribution in [-0.2, 0) is 0 Å². The summed E-state index contributed by atoms with van der Waals surface area (Å²) in [5, 5.41) is 10.8. The number of hydrogen-bond donors (Lipinski definition) is 1. The van der Waals surface area contributed by atoms with Gasteiger partial charge in [-0.2, -0.15) is 0 Å². The van der Waals surface area contributed by atoms with E-state index < -0.39 is 6.10 Å². The molecule has 0 aliphatic rings. The summed E-state index contributed by atoms with van der Waals surface area (Å²) in [5.41, 5.74) is 2.31. The highest BCUT2D eigenvalue weighted by molar-refractivity contribution is 6.30. The van der Waals surface area contributed by atoms with Crippen molar-refractivity contribution in [2.45, 2.75) is 12.5 Å². The fraction of sp³-hybridized carbons (Fsp3) is 0.111. The maximum atomic E-state index is 10.1. The van der Waals surface area contributed by atoms with Gasteiger partial charge in [0.2, 0.25) is 0 Å². The van der Waals surface area contributed by atoms with Gasteiger partial charge in [-0.15, -0.1) is 6.42 Å². The Labute approximate surface area is 124 Å². The highest BCUT2D eigenvalue weighted by Gasteiger charge is 2.09. The summed E-state index contributed by atoms with van der Waals surface area (Å²) in [4.78, 5) is 0. The van der Waals surface area contributed by atoms with Crippen LogP contribution in [0.3, 0.4) is 0 Å². The average Bonchev–Trinajstić information content (AvgIpc) is 2.49. The van der Waals surface area contributed by atoms with Crippen molar-refractivity contribution in [1.29, 1.82) is 0 Å². The van der Waals surface area contributed by atoms with E-state index in [9.17, 15) is 5.11 Å². The number of rotatable bonds is 2. The molecule has 0 radical (unpaired) electrons. The molecule has 0 spiro atoms. The molecule has 0 amide bonds. The molecule has 98 valence electrons. The quantitative estimate of drug-likeness (QED) is 0.830. The molecule has 1 atom stereocenters. The Balaban J connectivity index is 2.08. The first-order valence-electron chi connectivity index (χ1n) is 6.19. The van der Waals surface area contributed by atoms with Gasteiger partial charge in [-0.05, 0) is 35.9 Å². The van der Waals surface area contributed by atoms with Gasteiger partial charge in [0.05, 0.1) is 6.10 Å². The summed E-state index contributed by atoms with van der Waals surface area (Å²) < 4.78 is 0. The monoisotopic (exact) mass is 280 g/mol. The molecule has 0 bridgehead atoms. The highest BCUT2D eigenvalue weighted by Crippen LogP contribution is 2.19. The maximum Gasteiger partial charge on any atom is 0.0911 e. The van der Waals surface area contributed by atoms with Crippen LogP contribution in [0.5, 0.6) is 0 Å². The standard InChI is InChI=1S/C18H13ClO/c1-2-15-7-3-4-8-17(15)18(20)9-5-6-14-10-12-16(19)13-11-14/h1,3-4,7-8,10-13,18,20H,9H2. The minimum absolute atomic E-state index is 0.335. The summed E-state index contributed by atoms with van der Waals surface area (Å²) >= 11 is 5.80. The largest absolute Gasteiger partial charge is 0.387 e. The van der Waals surface area contributed by atoms with Gasteiger partial charge >= 0.3 is 0 Å². The van der Waals surface area contributed by atoms with Crippen LogP contribution >= 0.6 is 11.6 Å². The van der Waals surface area contributed by atoms with Crippen molar-refractivity contribution in [3.8, 4) is 24.2 Å². The van der Waals surface area contributed by atoms with Crippen molar-refractivity contribution >= 4 is 11.6 Å². The van der Waals surface area contributed by atoms with Crippen LogP contribution < -0.4 is 0 Å². The molecule has 2 aromatic carbocycles. The fourth-order valence-electron chi connectivity index (χ4n) is 1.81. The van der Waals surface area contributed by atoms with Crippen LogP contribution in [0.4, 0.5) is 0 Å². The van der Waals surface area contributed by atoms with Gasteiger partial charge in [-0.3, -0.25) is 0 Å². The molecule has 0 fully saturated rings. The van der Waals surface area contributed by atoms with E-state index in [1.54, 1.807) is 12.1 Å². The molecule has 2 rings (SSSR count). The molecule has 0 saturated carbocycles. The second-order valence-corrected chi connectivity index (χ2v) is 4.70. The molecule has 0 heterocycles. The van der Waals surface area contributed by atoms with Gasteiger partial charge in [0, 0.05) is 22.6 Å². The molecular weight excluding hydrogens is 268 g/mol. The fourth-order valence-corrected chi connectivity index (χ4v) is 1.94. The Kier molecular flexibility index (Phi) is 4.85. The van der Waals surface area contributed by atoms with Crippen molar-refractivity contribution in [2.24, 2.45) is 0 Å². The lowest BCUT2D eigenvalue weighted by atomic mass is 10.0. The van der Waals surface area contributed by atoms with Gasteiger partial charge < -0.3 is 5.11 Å². The third-order valence-electron chi connectivity index (χ3n) is 2.85. The van der Waals surface area contributed by atoms with Crippen molar-refractivity contribution in [1.82, 2.24) is 0 Å². The Hall–Kier alpha value is -2.19. The summed E-state index contributed by atoms with van der Waals surface area (Å²) in [5.74, 6) is 8.52. The zero-order valence-electron chi connectivity index (χ0n) is 10.8. The minimum Gasteiger partial charge on any atom is -0.387 e. The molecule has 0 aliphatic heterocycles. The molecule has 0 aromatic heterocycles. The van der Waals surface area contributed by atoms with Crippen molar-refractivity contribution in [3.05, 3.63) is 70.2 Å². The first kappa shape index (κ1) is 14.2. The zero-order chi connectivity index (χ0) is 14.4. The summed E-state index contributed by atoms with van der Waals surface area (Å²) in [7, 11) is 0. The van der Waals surface area contributed by atoms with Crippen molar-refractivity contribution in [3.63, 3.8) is 0 Å². The molecule has 0 saturated heterocycles. The number of terminal acetylenes is 1. The highest BCUT2D eigenvalue weighted by atomic mass is 35.5. The van der Waals surface area contributed by atoms with E-state index in [0.29, 0.717) is 17.0 Å². The maximum absolute atomic E-state index is 10.1. The third-order valence-corrected chi connectivity index (χ3v) is 3.10. The molecule has 2 heteroatoms. The number of halogens is 1. The van der Waals surface area contributed by atoms with Crippen LogP contribution in [-0.4, -0.2) is 5.11 Å². The topological polar surface area (TPSA) is 20.2 Å². The molecular formula is C18H13ClO. The van der Waals surface area contributed by atoms with Gasteiger partial charge in [0.15, 0.2) is 0 Å². The summed E-state index contributed by atoms with van der Waals surface area (Å²) in [6.45, 7) is 0. The SMILES string of the molecule is C#Cc1ccccc1C(O)CC#Cc1ccc(Cl)cc1. The van der Waals surface area contributed by atoms with Crippen molar-refractivity contribution < 1.29 is 5.11 Å². The number of benzene rings is 2. The van der Waals surface area contributed by atoms with E-state index in [-0.39, 0.29) is 0 Å². The molecule has 1 unspecified atom stereocenters. The van der Waals surface area contributed by atoms with E-state index in [1.807, 2.05) is 36.4 Å². The van der Waals surface area contributed by atoms with Gasteiger partial charge in [0.25, 0.3) is 0 Å². The Morgan fingerprint density at radius 3 is 2.50 bits per heavy atom. The van der Waals surface area contributed by atoms with Gasteiger partial charge in [0.1, 0.15) is 0 Å². The number of aliphatic hydroxyl groups is 1. The van der Waals surface area contributed by atoms with Gasteiger partial charge in [-0.1, -0.05) is 47.6 Å². The lowest BCUT2D eigenvalue weighted by molar-refractivity contribution is 0.183. The molecule has 20 heavy (non-hydrogen) atoms. The molecule has 1 N–H and O–H groups in total. The lowest BCUT2D eigenvalue weighted by Gasteiger charge is -2.09. The smallest absolute Gasteiger partial charge is 0.0911 e. The summed E-state index contributed by atoms with van der Waals surface area (Å²) in [6.07, 6.45) is 5.07. The van der Waals surface area contributed by atoms with E-state index in [0.717, 1.165) is 11.1 Å². The summed E-state index contributed by atoms with van der Waals surface area (Å²) in [6, 6.07) is 14.6. The second kappa shape index (κ2) is 6.83. The van der Waals surface area contributed by atoms with Crippen LogP contribution in [0.2, 0.25) is 5.02 Å². The number of hydrogen-bond acceptors (Lipinski definition) is 1. The average molecular weight is 281 g/mol.